The van der Waals surface area contributed by atoms with Crippen molar-refractivity contribution >= 4 is 17.4 Å². The van der Waals surface area contributed by atoms with E-state index in [4.69, 9.17) is 0 Å². The fourth-order valence-electron chi connectivity index (χ4n) is 5.08. The molecule has 0 atom stereocenters. The summed E-state index contributed by atoms with van der Waals surface area (Å²) in [5.41, 5.74) is 8.56. The molecule has 0 bridgehead atoms. The van der Waals surface area contributed by atoms with Crippen molar-refractivity contribution in [1.82, 2.24) is 24.6 Å². The minimum absolute atomic E-state index is 0.154. The van der Waals surface area contributed by atoms with Crippen LogP contribution in [0.3, 0.4) is 0 Å². The van der Waals surface area contributed by atoms with E-state index < -0.39 is 0 Å². The highest BCUT2D eigenvalue weighted by molar-refractivity contribution is 6.16. The van der Waals surface area contributed by atoms with Crippen LogP contribution in [0, 0.1) is 5.82 Å². The molecule has 1 amide bonds. The number of amides is 1. The molecule has 2 aromatic heterocycles. The topological polar surface area (TPSA) is 93.6 Å². The standard InChI is InChI=1S/C30H25FN6O2/c1-2-6-27-25(29(39)36(30-32-18-33-37(27)30)22-12-10-21(31)11-13-22)16-19-9-14-23(20-7-4-3-5-8-20)24(15-19)26-17-28(38)35-34-26/h3-5,7-15,18H,2,6,16-17H2,1H3,(H,35,38). The molecule has 3 aromatic carbocycles. The van der Waals surface area contributed by atoms with E-state index in [1.807, 2.05) is 55.5 Å². The molecular weight excluding hydrogens is 495 g/mol. The largest absolute Gasteiger partial charge is 0.273 e. The molecule has 1 N–H and O–H groups in total. The quantitative estimate of drug-likeness (QED) is 0.343. The van der Waals surface area contributed by atoms with Gasteiger partial charge in [0.15, 0.2) is 0 Å². The van der Waals surface area contributed by atoms with Crippen LogP contribution in [0.4, 0.5) is 4.39 Å². The number of aryl methyl sites for hydroxylation is 1. The molecule has 39 heavy (non-hydrogen) atoms. The Morgan fingerprint density at radius 3 is 2.49 bits per heavy atom. The van der Waals surface area contributed by atoms with Crippen LogP contribution >= 0.6 is 0 Å². The summed E-state index contributed by atoms with van der Waals surface area (Å²) in [5.74, 6) is -0.164. The lowest BCUT2D eigenvalue weighted by Gasteiger charge is -2.16. The Morgan fingerprint density at radius 2 is 1.77 bits per heavy atom. The lowest BCUT2D eigenvalue weighted by Crippen LogP contribution is -2.28. The predicted octanol–water partition coefficient (Wildman–Crippen LogP) is 4.45. The number of hydrogen-bond acceptors (Lipinski definition) is 5. The molecule has 0 radical (unpaired) electrons. The van der Waals surface area contributed by atoms with Gasteiger partial charge in [0, 0.05) is 17.5 Å². The van der Waals surface area contributed by atoms with Gasteiger partial charge in [-0.3, -0.25) is 9.59 Å². The van der Waals surface area contributed by atoms with Gasteiger partial charge >= 0.3 is 0 Å². The van der Waals surface area contributed by atoms with Crippen molar-refractivity contribution in [3.8, 4) is 16.8 Å². The minimum Gasteiger partial charge on any atom is -0.273 e. The average molecular weight is 521 g/mol. The van der Waals surface area contributed by atoms with Gasteiger partial charge in [0.1, 0.15) is 12.1 Å². The zero-order valence-corrected chi connectivity index (χ0v) is 21.3. The van der Waals surface area contributed by atoms with Crippen molar-refractivity contribution in [3.63, 3.8) is 0 Å². The molecule has 0 aliphatic carbocycles. The molecule has 194 valence electrons. The molecule has 0 saturated heterocycles. The van der Waals surface area contributed by atoms with Crippen LogP contribution in [0.5, 0.6) is 0 Å². The Bertz CT molecular complexity index is 1790. The highest BCUT2D eigenvalue weighted by atomic mass is 19.1. The third-order valence-electron chi connectivity index (χ3n) is 6.87. The molecule has 0 saturated carbocycles. The maximum Gasteiger partial charge on any atom is 0.263 e. The Morgan fingerprint density at radius 1 is 0.974 bits per heavy atom. The summed E-state index contributed by atoms with van der Waals surface area (Å²) in [7, 11) is 0. The predicted molar refractivity (Wildman–Crippen MR) is 147 cm³/mol. The molecule has 3 heterocycles. The van der Waals surface area contributed by atoms with Gasteiger partial charge in [-0.05, 0) is 53.4 Å². The first-order valence-electron chi connectivity index (χ1n) is 12.8. The molecular formula is C30H25FN6O2. The number of benzene rings is 3. The number of fused-ring (bicyclic) bond motifs is 1. The lowest BCUT2D eigenvalue weighted by molar-refractivity contribution is -0.119. The van der Waals surface area contributed by atoms with Crippen molar-refractivity contribution in [1.29, 1.82) is 0 Å². The summed E-state index contributed by atoms with van der Waals surface area (Å²) in [4.78, 5) is 30.4. The SMILES string of the molecule is CCCc1c(Cc2ccc(-c3ccccc3)c(C3=NNC(=O)C3)c2)c(=O)n(-c2ccc(F)cc2)c2ncnn12. The number of hydrazone groups is 1. The third-order valence-corrected chi connectivity index (χ3v) is 6.87. The van der Waals surface area contributed by atoms with Crippen LogP contribution in [0.1, 0.15) is 42.1 Å². The molecule has 0 fully saturated rings. The van der Waals surface area contributed by atoms with E-state index in [1.165, 1.54) is 23.0 Å². The number of carbonyl (C=O) groups excluding carboxylic acids is 1. The van der Waals surface area contributed by atoms with Gasteiger partial charge in [0.05, 0.1) is 23.5 Å². The Kier molecular flexibility index (Phi) is 6.32. The maximum atomic E-state index is 14.0. The molecule has 1 aliphatic rings. The van der Waals surface area contributed by atoms with Gasteiger partial charge in [-0.15, -0.1) is 0 Å². The second kappa shape index (κ2) is 10.1. The molecule has 0 unspecified atom stereocenters. The molecule has 8 nitrogen and oxygen atoms in total. The number of halogens is 1. The zero-order valence-electron chi connectivity index (χ0n) is 21.3. The number of nitrogens with one attached hydrogen (secondary N) is 1. The molecule has 6 rings (SSSR count). The van der Waals surface area contributed by atoms with Gasteiger partial charge in [0.25, 0.3) is 5.56 Å². The molecule has 1 aliphatic heterocycles. The van der Waals surface area contributed by atoms with Crippen molar-refractivity contribution in [2.75, 3.05) is 0 Å². The Labute approximate surface area is 223 Å². The van der Waals surface area contributed by atoms with Crippen LogP contribution in [0.25, 0.3) is 22.6 Å². The van der Waals surface area contributed by atoms with Crippen LogP contribution in [-0.4, -0.2) is 30.8 Å². The third kappa shape index (κ3) is 4.52. The van der Waals surface area contributed by atoms with Crippen LogP contribution < -0.4 is 11.0 Å². The molecule has 5 aromatic rings. The number of hydrogen-bond donors (Lipinski definition) is 1. The van der Waals surface area contributed by atoms with Crippen molar-refractivity contribution in [2.24, 2.45) is 5.10 Å². The second-order valence-electron chi connectivity index (χ2n) is 9.46. The van der Waals surface area contributed by atoms with E-state index >= 15 is 0 Å². The maximum absolute atomic E-state index is 14.0. The number of rotatable bonds is 7. The van der Waals surface area contributed by atoms with Gasteiger partial charge < -0.3 is 0 Å². The normalized spacial score (nSPS) is 13.1. The Balaban J connectivity index is 1.52. The number of carbonyl (C=O) groups is 1. The first-order chi connectivity index (χ1) is 19.0. The van der Waals surface area contributed by atoms with E-state index in [-0.39, 0.29) is 23.7 Å². The van der Waals surface area contributed by atoms with E-state index in [1.54, 1.807) is 16.6 Å². The summed E-state index contributed by atoms with van der Waals surface area (Å²) in [6, 6.07) is 21.7. The van der Waals surface area contributed by atoms with Gasteiger partial charge in [-0.1, -0.05) is 55.8 Å². The average Bonchev–Trinajstić information content (AvgIpc) is 3.61. The van der Waals surface area contributed by atoms with Gasteiger partial charge in [-0.25, -0.2) is 18.9 Å². The first-order valence-corrected chi connectivity index (χ1v) is 12.8. The summed E-state index contributed by atoms with van der Waals surface area (Å²) < 4.78 is 16.9. The molecule has 9 heteroatoms. The lowest BCUT2D eigenvalue weighted by atomic mass is 9.91. The zero-order chi connectivity index (χ0) is 26.9. The van der Waals surface area contributed by atoms with Crippen molar-refractivity contribution < 1.29 is 9.18 Å². The Hall–Kier alpha value is -4.92. The molecule has 0 spiro atoms. The second-order valence-corrected chi connectivity index (χ2v) is 9.46. The van der Waals surface area contributed by atoms with Gasteiger partial charge in [0.2, 0.25) is 11.7 Å². The van der Waals surface area contributed by atoms with E-state index in [2.05, 4.69) is 20.6 Å². The highest BCUT2D eigenvalue weighted by Crippen LogP contribution is 2.28. The number of aromatic nitrogens is 4. The highest BCUT2D eigenvalue weighted by Gasteiger charge is 2.23. The van der Waals surface area contributed by atoms with E-state index in [0.717, 1.165) is 34.4 Å². The van der Waals surface area contributed by atoms with Gasteiger partial charge in [-0.2, -0.15) is 15.2 Å². The summed E-state index contributed by atoms with van der Waals surface area (Å²) >= 11 is 0. The number of nitrogens with zero attached hydrogens (tertiary/aromatic N) is 5. The monoisotopic (exact) mass is 520 g/mol. The summed E-state index contributed by atoms with van der Waals surface area (Å²) in [6.07, 6.45) is 3.39. The van der Waals surface area contributed by atoms with Crippen molar-refractivity contribution in [3.05, 3.63) is 118 Å². The van der Waals surface area contributed by atoms with E-state index in [9.17, 15) is 14.0 Å². The minimum atomic E-state index is -0.388. The fraction of sp³-hybridized carbons (Fsp3) is 0.167. The van der Waals surface area contributed by atoms with Crippen LogP contribution in [0.2, 0.25) is 0 Å². The van der Waals surface area contributed by atoms with Crippen molar-refractivity contribution in [2.45, 2.75) is 32.6 Å². The van der Waals surface area contributed by atoms with Crippen LogP contribution in [-0.2, 0) is 17.6 Å². The first kappa shape index (κ1) is 24.4. The van der Waals surface area contributed by atoms with E-state index in [0.29, 0.717) is 35.6 Å². The summed E-state index contributed by atoms with van der Waals surface area (Å²) in [6.45, 7) is 2.05. The van der Waals surface area contributed by atoms with Crippen LogP contribution in [0.15, 0.2) is 89.0 Å². The summed E-state index contributed by atoms with van der Waals surface area (Å²) in [5, 5.41) is 8.71. The smallest absolute Gasteiger partial charge is 0.263 e. The fourth-order valence-corrected chi connectivity index (χ4v) is 5.08.